The molecule has 2 aromatic rings. The van der Waals surface area contributed by atoms with Crippen molar-refractivity contribution in [2.45, 2.75) is 13.3 Å². The van der Waals surface area contributed by atoms with E-state index in [1.165, 1.54) is 11.8 Å². The quantitative estimate of drug-likeness (QED) is 0.869. The molecule has 0 atom stereocenters. The summed E-state index contributed by atoms with van der Waals surface area (Å²) in [6.45, 7) is 2.71. The molecule has 3 rings (SSSR count). The molecule has 0 radical (unpaired) electrons. The van der Waals surface area contributed by atoms with Crippen LogP contribution in [0.5, 0.6) is 11.5 Å². The minimum absolute atomic E-state index is 0.153. The Kier molecular flexibility index (Phi) is 5.63. The molecule has 0 saturated heterocycles. The monoisotopic (exact) mass is 374 g/mol. The van der Waals surface area contributed by atoms with Crippen molar-refractivity contribution in [1.82, 2.24) is 0 Å². The van der Waals surface area contributed by atoms with Crippen LogP contribution in [0.15, 0.2) is 42.5 Å². The van der Waals surface area contributed by atoms with Gasteiger partial charge in [-0.15, -0.1) is 0 Å². The van der Waals surface area contributed by atoms with Crippen LogP contribution in [0.1, 0.15) is 13.3 Å². The van der Waals surface area contributed by atoms with Crippen molar-refractivity contribution < 1.29 is 19.1 Å². The maximum atomic E-state index is 12.3. The van der Waals surface area contributed by atoms with Crippen LogP contribution in [-0.4, -0.2) is 31.6 Å². The number of carbonyl (C=O) groups is 2. The van der Waals surface area contributed by atoms with Crippen molar-refractivity contribution in [2.75, 3.05) is 30.0 Å². The van der Waals surface area contributed by atoms with Crippen LogP contribution >= 0.6 is 11.6 Å². The first-order valence-electron chi connectivity index (χ1n) is 8.26. The molecule has 0 fully saturated rings. The number of halogens is 1. The van der Waals surface area contributed by atoms with Crippen LogP contribution < -0.4 is 19.7 Å². The van der Waals surface area contributed by atoms with E-state index in [1.54, 1.807) is 42.5 Å². The second kappa shape index (κ2) is 8.10. The van der Waals surface area contributed by atoms with Crippen LogP contribution in [0.4, 0.5) is 11.4 Å². The van der Waals surface area contributed by atoms with Gasteiger partial charge in [0.2, 0.25) is 11.8 Å². The number of fused-ring (bicyclic) bond motifs is 1. The SMILES string of the molecule is CC(=O)N(CCC(=O)Nc1ccc2c(c1)OCCO2)c1cccc(Cl)c1. The topological polar surface area (TPSA) is 67.9 Å². The molecule has 0 unspecified atom stereocenters. The molecule has 1 heterocycles. The minimum atomic E-state index is -0.199. The summed E-state index contributed by atoms with van der Waals surface area (Å²) in [7, 11) is 0. The zero-order valence-corrected chi connectivity index (χ0v) is 15.1. The molecule has 0 saturated carbocycles. The normalized spacial score (nSPS) is 12.4. The van der Waals surface area contributed by atoms with Crippen LogP contribution in [0.2, 0.25) is 5.02 Å². The highest BCUT2D eigenvalue weighted by molar-refractivity contribution is 6.30. The van der Waals surface area contributed by atoms with Crippen molar-refractivity contribution in [1.29, 1.82) is 0 Å². The van der Waals surface area contributed by atoms with E-state index >= 15 is 0 Å². The van der Waals surface area contributed by atoms with Gasteiger partial charge >= 0.3 is 0 Å². The van der Waals surface area contributed by atoms with Gasteiger partial charge in [0, 0.05) is 42.4 Å². The van der Waals surface area contributed by atoms with E-state index in [0.717, 1.165) is 0 Å². The van der Waals surface area contributed by atoms with Crippen LogP contribution in [0, 0.1) is 0 Å². The molecule has 6 nitrogen and oxygen atoms in total. The van der Waals surface area contributed by atoms with Gasteiger partial charge in [-0.3, -0.25) is 9.59 Å². The number of amides is 2. The van der Waals surface area contributed by atoms with E-state index in [1.807, 2.05) is 0 Å². The lowest BCUT2D eigenvalue weighted by atomic mass is 10.2. The fourth-order valence-corrected chi connectivity index (χ4v) is 2.85. The van der Waals surface area contributed by atoms with Crippen molar-refractivity contribution >= 4 is 34.8 Å². The lowest BCUT2D eigenvalue weighted by Crippen LogP contribution is -2.31. The Morgan fingerprint density at radius 3 is 2.62 bits per heavy atom. The Labute approximate surface area is 156 Å². The van der Waals surface area contributed by atoms with Crippen molar-refractivity contribution in [3.05, 3.63) is 47.5 Å². The average molecular weight is 375 g/mol. The number of benzene rings is 2. The number of carbonyl (C=O) groups excluding carboxylic acids is 2. The third kappa shape index (κ3) is 4.46. The van der Waals surface area contributed by atoms with Gasteiger partial charge in [0.05, 0.1) is 0 Å². The molecule has 2 aromatic carbocycles. The molecule has 26 heavy (non-hydrogen) atoms. The van der Waals surface area contributed by atoms with Gasteiger partial charge in [0.15, 0.2) is 11.5 Å². The van der Waals surface area contributed by atoms with E-state index in [0.29, 0.717) is 41.1 Å². The first-order valence-corrected chi connectivity index (χ1v) is 8.64. The highest BCUT2D eigenvalue weighted by atomic mass is 35.5. The molecular weight excluding hydrogens is 356 g/mol. The Bertz CT molecular complexity index is 825. The predicted molar refractivity (Wildman–Crippen MR) is 100 cm³/mol. The molecule has 0 aliphatic carbocycles. The summed E-state index contributed by atoms with van der Waals surface area (Å²) in [6, 6.07) is 12.2. The van der Waals surface area contributed by atoms with Crippen LogP contribution in [0.3, 0.4) is 0 Å². The molecule has 1 aliphatic rings. The molecule has 136 valence electrons. The van der Waals surface area contributed by atoms with Gasteiger partial charge in [-0.05, 0) is 30.3 Å². The lowest BCUT2D eigenvalue weighted by molar-refractivity contribution is -0.117. The van der Waals surface area contributed by atoms with E-state index < -0.39 is 0 Å². The zero-order chi connectivity index (χ0) is 18.5. The molecule has 1 aliphatic heterocycles. The Balaban J connectivity index is 1.61. The van der Waals surface area contributed by atoms with Crippen molar-refractivity contribution in [3.8, 4) is 11.5 Å². The number of rotatable bonds is 5. The third-order valence-electron chi connectivity index (χ3n) is 3.89. The van der Waals surface area contributed by atoms with Gasteiger partial charge in [-0.1, -0.05) is 17.7 Å². The van der Waals surface area contributed by atoms with Crippen LogP contribution in [-0.2, 0) is 9.59 Å². The summed E-state index contributed by atoms with van der Waals surface area (Å²) in [5.41, 5.74) is 1.29. The highest BCUT2D eigenvalue weighted by Crippen LogP contribution is 2.32. The molecule has 7 heteroatoms. The molecule has 0 aromatic heterocycles. The van der Waals surface area contributed by atoms with E-state index in [4.69, 9.17) is 21.1 Å². The number of hydrogen-bond donors (Lipinski definition) is 1. The average Bonchev–Trinajstić information content (AvgIpc) is 2.61. The standard InChI is InChI=1S/C19H19ClN2O4/c1-13(23)22(16-4-2-3-14(20)11-16)8-7-19(24)21-15-5-6-17-18(12-15)26-10-9-25-17/h2-6,11-12H,7-10H2,1H3,(H,21,24). The maximum Gasteiger partial charge on any atom is 0.226 e. The fourth-order valence-electron chi connectivity index (χ4n) is 2.67. The predicted octanol–water partition coefficient (Wildman–Crippen LogP) is 3.49. The Morgan fingerprint density at radius 1 is 1.12 bits per heavy atom. The lowest BCUT2D eigenvalue weighted by Gasteiger charge is -2.21. The second-order valence-electron chi connectivity index (χ2n) is 5.81. The molecule has 1 N–H and O–H groups in total. The first kappa shape index (κ1) is 18.1. The van der Waals surface area contributed by atoms with E-state index in [-0.39, 0.29) is 24.8 Å². The Morgan fingerprint density at radius 2 is 1.88 bits per heavy atom. The summed E-state index contributed by atoms with van der Waals surface area (Å²) >= 11 is 5.98. The van der Waals surface area contributed by atoms with Crippen molar-refractivity contribution in [2.24, 2.45) is 0 Å². The summed E-state index contributed by atoms with van der Waals surface area (Å²) in [5, 5.41) is 3.35. The summed E-state index contributed by atoms with van der Waals surface area (Å²) in [5.74, 6) is 0.922. The molecule has 0 bridgehead atoms. The highest BCUT2D eigenvalue weighted by Gasteiger charge is 2.15. The maximum absolute atomic E-state index is 12.3. The summed E-state index contributed by atoms with van der Waals surface area (Å²) < 4.78 is 11.0. The fraction of sp³-hybridized carbons (Fsp3) is 0.263. The van der Waals surface area contributed by atoms with E-state index in [2.05, 4.69) is 5.32 Å². The Hall–Kier alpha value is -2.73. The van der Waals surface area contributed by atoms with Gasteiger partial charge in [-0.25, -0.2) is 0 Å². The number of anilines is 2. The van der Waals surface area contributed by atoms with Gasteiger partial charge in [-0.2, -0.15) is 0 Å². The van der Waals surface area contributed by atoms with Crippen LogP contribution in [0.25, 0.3) is 0 Å². The van der Waals surface area contributed by atoms with Gasteiger partial charge in [0.1, 0.15) is 13.2 Å². The van der Waals surface area contributed by atoms with Crippen molar-refractivity contribution in [3.63, 3.8) is 0 Å². The molecular formula is C19H19ClN2O4. The van der Waals surface area contributed by atoms with Gasteiger partial charge in [0.25, 0.3) is 0 Å². The number of nitrogens with zero attached hydrogens (tertiary/aromatic N) is 1. The number of hydrogen-bond acceptors (Lipinski definition) is 4. The smallest absolute Gasteiger partial charge is 0.226 e. The number of nitrogens with one attached hydrogen (secondary N) is 1. The first-order chi connectivity index (χ1) is 12.5. The molecule has 0 spiro atoms. The van der Waals surface area contributed by atoms with E-state index in [9.17, 15) is 9.59 Å². The summed E-state index contributed by atoms with van der Waals surface area (Å²) in [6.07, 6.45) is 0.153. The summed E-state index contributed by atoms with van der Waals surface area (Å²) in [4.78, 5) is 25.7. The third-order valence-corrected chi connectivity index (χ3v) is 4.12. The number of ether oxygens (including phenoxy) is 2. The largest absolute Gasteiger partial charge is 0.486 e. The minimum Gasteiger partial charge on any atom is -0.486 e. The van der Waals surface area contributed by atoms with Gasteiger partial charge < -0.3 is 19.7 Å². The second-order valence-corrected chi connectivity index (χ2v) is 6.24. The zero-order valence-electron chi connectivity index (χ0n) is 14.3. The molecule has 2 amide bonds.